The van der Waals surface area contributed by atoms with Gasteiger partial charge >= 0.3 is 42.1 Å². The maximum Gasteiger partial charge on any atom is 0.503 e. The fraction of sp³-hybridized carbons (Fsp3) is 0. The Kier molecular flexibility index (Phi) is 24.6. The van der Waals surface area contributed by atoms with Crippen molar-refractivity contribution in [1.82, 2.24) is 0 Å². The minimum Gasteiger partial charge on any atom is -0.396 e. The Balaban J connectivity index is -0.0000000720. The molecule has 0 heterocycles. The average molecular weight is 552 g/mol. The number of halogens is 2. The van der Waals surface area contributed by atoms with Gasteiger partial charge in [0.05, 0.1) is 0 Å². The summed E-state index contributed by atoms with van der Waals surface area (Å²) in [5.74, 6) is 0. The van der Waals surface area contributed by atoms with Crippen molar-refractivity contribution < 1.29 is 90.4 Å². The molecule has 0 aromatic heterocycles. The van der Waals surface area contributed by atoms with Crippen LogP contribution in [-0.2, 0) is 27.7 Å². The largest absolute Gasteiger partial charge is 0.503 e. The standard InChI is InChI=1S/Hg.2HIO3/c;2*2-1(3)4/h;2*2H. The van der Waals surface area contributed by atoms with E-state index < -0.39 is 42.1 Å². The summed E-state index contributed by atoms with van der Waals surface area (Å²) in [6, 6.07) is 0. The smallest absolute Gasteiger partial charge is 0.396 e. The molecule has 0 fully saturated rings. The molecule has 2 N–H and O–H groups in total. The van der Waals surface area contributed by atoms with Crippen LogP contribution in [0, 0.1) is 0 Å². The van der Waals surface area contributed by atoms with Crippen molar-refractivity contribution >= 4 is 0 Å². The molecule has 6 nitrogen and oxygen atoms in total. The van der Waals surface area contributed by atoms with Crippen molar-refractivity contribution in [2.45, 2.75) is 0 Å². The Morgan fingerprint density at radius 3 is 0.778 bits per heavy atom. The van der Waals surface area contributed by atoms with E-state index in [1.807, 2.05) is 0 Å². The molecule has 9 heteroatoms. The molecule has 0 spiro atoms. The molecule has 0 rings (SSSR count). The molecule has 0 saturated carbocycles. The van der Waals surface area contributed by atoms with Crippen LogP contribution in [0.1, 0.15) is 0 Å². The predicted molar refractivity (Wildman–Crippen MR) is 4.44 cm³/mol. The van der Waals surface area contributed by atoms with E-state index in [4.69, 9.17) is 20.6 Å². The van der Waals surface area contributed by atoms with E-state index in [0.717, 1.165) is 0 Å². The molecule has 54 valence electrons. The zero-order chi connectivity index (χ0) is 7.15. The predicted octanol–water partition coefficient (Wildman–Crippen LogP) is -11.9. The van der Waals surface area contributed by atoms with Crippen molar-refractivity contribution in [1.29, 1.82) is 0 Å². The fourth-order valence-electron chi connectivity index (χ4n) is 0. The van der Waals surface area contributed by atoms with Crippen LogP contribution in [0.15, 0.2) is 0 Å². The summed E-state index contributed by atoms with van der Waals surface area (Å²) in [5, 5.41) is 0. The SMILES string of the molecule is [Hg].[O-][I+2]([O-])O.[O-][I+2]([O-])O. The first-order chi connectivity index (χ1) is 3.46. The Morgan fingerprint density at radius 2 is 0.778 bits per heavy atom. The van der Waals surface area contributed by atoms with E-state index in [-0.39, 0.29) is 27.7 Å². The van der Waals surface area contributed by atoms with E-state index in [0.29, 0.717) is 0 Å². The quantitative estimate of drug-likeness (QED) is 0.227. The zero-order valence-corrected chi connectivity index (χ0v) is 13.8. The van der Waals surface area contributed by atoms with Crippen LogP contribution in [0.3, 0.4) is 0 Å². The van der Waals surface area contributed by atoms with Crippen molar-refractivity contribution in [3.05, 3.63) is 0 Å². The van der Waals surface area contributed by atoms with Gasteiger partial charge in [-0.2, -0.15) is 0 Å². The summed E-state index contributed by atoms with van der Waals surface area (Å²) in [5.41, 5.74) is 0. The van der Waals surface area contributed by atoms with Crippen molar-refractivity contribution in [2.75, 3.05) is 0 Å². The second kappa shape index (κ2) is 12.8. The van der Waals surface area contributed by atoms with Gasteiger partial charge in [0.25, 0.3) is 0 Å². The third kappa shape index (κ3) is 145. The van der Waals surface area contributed by atoms with Crippen LogP contribution in [-0.4, -0.2) is 6.87 Å². The molecule has 0 unspecified atom stereocenters. The molecule has 0 aliphatic carbocycles. The van der Waals surface area contributed by atoms with E-state index in [2.05, 4.69) is 0 Å². The van der Waals surface area contributed by atoms with Gasteiger partial charge in [0.15, 0.2) is 0 Å². The summed E-state index contributed by atoms with van der Waals surface area (Å²) in [6.07, 6.45) is 0. The van der Waals surface area contributed by atoms with Crippen LogP contribution in [0.25, 0.3) is 0 Å². The first-order valence-electron chi connectivity index (χ1n) is 0.955. The minimum absolute atomic E-state index is 0. The summed E-state index contributed by atoms with van der Waals surface area (Å²) in [7, 11) is 0. The van der Waals surface area contributed by atoms with Crippen LogP contribution < -0.4 is 55.9 Å². The van der Waals surface area contributed by atoms with Gasteiger partial charge in [-0.3, -0.25) is 0 Å². The third-order valence-electron chi connectivity index (χ3n) is 0. The summed E-state index contributed by atoms with van der Waals surface area (Å²) >= 11 is -7.53. The summed E-state index contributed by atoms with van der Waals surface area (Å²) in [4.78, 5) is 0. The maximum absolute atomic E-state index is 8.68. The van der Waals surface area contributed by atoms with Crippen LogP contribution in [0.5, 0.6) is 0 Å². The van der Waals surface area contributed by atoms with Crippen LogP contribution in [0.4, 0.5) is 0 Å². The number of hydrogen-bond acceptors (Lipinski definition) is 6. The van der Waals surface area contributed by atoms with Crippen molar-refractivity contribution in [3.8, 4) is 0 Å². The van der Waals surface area contributed by atoms with Crippen LogP contribution >= 0.6 is 0 Å². The molecule has 0 aromatic carbocycles. The molecule has 0 radical (unpaired) electrons. The second-order valence-electron chi connectivity index (χ2n) is 0.402. The first-order valence-corrected chi connectivity index (χ1v) is 6.41. The topological polar surface area (TPSA) is 133 Å². The summed E-state index contributed by atoms with van der Waals surface area (Å²) < 4.78 is 48.9. The van der Waals surface area contributed by atoms with Gasteiger partial charge in [0.1, 0.15) is 0 Å². The van der Waals surface area contributed by atoms with Gasteiger partial charge < -0.3 is 13.7 Å². The normalized spacial score (nSPS) is 8.00. The Morgan fingerprint density at radius 1 is 0.778 bits per heavy atom. The van der Waals surface area contributed by atoms with Gasteiger partial charge in [-0.25, -0.2) is 0 Å². The average Bonchev–Trinajstić information content (AvgIpc) is 1.25. The number of rotatable bonds is 0. The molecule has 0 aliphatic rings. The van der Waals surface area contributed by atoms with E-state index in [1.54, 1.807) is 0 Å². The Hall–Kier alpha value is 2.16. The van der Waals surface area contributed by atoms with Crippen LogP contribution in [0.2, 0.25) is 0 Å². The van der Waals surface area contributed by atoms with Gasteiger partial charge in [0.2, 0.25) is 0 Å². The second-order valence-corrected chi connectivity index (χ2v) is 2.70. The van der Waals surface area contributed by atoms with Gasteiger partial charge in [-0.1, -0.05) is 0 Å². The molecule has 0 aromatic rings. The maximum atomic E-state index is 8.68. The Labute approximate surface area is 89.1 Å². The molecule has 0 atom stereocenters. The van der Waals surface area contributed by atoms with Gasteiger partial charge in [-0.15, -0.1) is 0 Å². The van der Waals surface area contributed by atoms with Gasteiger partial charge in [0, 0.05) is 27.7 Å². The number of hydrogen-bond donors (Lipinski definition) is 2. The van der Waals surface area contributed by atoms with Gasteiger partial charge in [-0.05, 0) is 6.87 Å². The third-order valence-corrected chi connectivity index (χ3v) is 0. The van der Waals surface area contributed by atoms with E-state index in [1.165, 1.54) is 0 Å². The molecule has 9 heavy (non-hydrogen) atoms. The monoisotopic (exact) mass is 554 g/mol. The molecular formula is H2HgI2O6. The van der Waals surface area contributed by atoms with Crippen molar-refractivity contribution in [2.24, 2.45) is 0 Å². The van der Waals surface area contributed by atoms with E-state index >= 15 is 0 Å². The molecule has 0 saturated heterocycles. The molecule has 0 bridgehead atoms. The van der Waals surface area contributed by atoms with E-state index in [9.17, 15) is 0 Å². The minimum atomic E-state index is -3.76. The fourth-order valence-corrected chi connectivity index (χ4v) is 0. The summed E-state index contributed by atoms with van der Waals surface area (Å²) in [6.45, 7) is 0. The Bertz CT molecular complexity index is 26.5. The first kappa shape index (κ1) is 17.3. The molecule has 0 amide bonds. The molecule has 0 aliphatic heterocycles. The molecular weight excluding hydrogens is 550 g/mol. The zero-order valence-electron chi connectivity index (χ0n) is 3.99. The van der Waals surface area contributed by atoms with Crippen molar-refractivity contribution in [3.63, 3.8) is 0 Å².